The number of nitrogens with zero attached hydrogens (tertiary/aromatic N) is 7. The van der Waals surface area contributed by atoms with Gasteiger partial charge in [0.1, 0.15) is 11.5 Å². The number of carbonyl (C=O) groups is 1. The first kappa shape index (κ1) is 35.3. The molecule has 4 aromatic carbocycles. The Morgan fingerprint density at radius 2 is 1.66 bits per heavy atom. The number of amides is 1. The Hall–Kier alpha value is -6.00. The number of carbonyl (C=O) groups excluding carboxylic acids is 1. The molecule has 13 heteroatoms. The number of aliphatic imine (C=N–C) groups is 1. The number of para-hydroxylation sites is 1. The quantitative estimate of drug-likeness (QED) is 0.0508. The lowest BCUT2D eigenvalue weighted by atomic mass is 9.80. The smallest absolute Gasteiger partial charge is 0.252 e. The van der Waals surface area contributed by atoms with Crippen molar-refractivity contribution in [2.45, 2.75) is 44.4 Å². The number of rotatable bonds is 17. The Kier molecular flexibility index (Phi) is 12.3. The third-order valence-corrected chi connectivity index (χ3v) is 8.24. The van der Waals surface area contributed by atoms with Gasteiger partial charge in [0.15, 0.2) is 11.6 Å². The van der Waals surface area contributed by atoms with E-state index < -0.39 is 17.6 Å². The van der Waals surface area contributed by atoms with Crippen LogP contribution < -0.4 is 14.8 Å². The highest BCUT2D eigenvalue weighted by atomic mass is 16.5. The van der Waals surface area contributed by atoms with E-state index >= 15 is 0 Å². The zero-order valence-corrected chi connectivity index (χ0v) is 27.7. The van der Waals surface area contributed by atoms with Crippen LogP contribution in [0.25, 0.3) is 20.9 Å². The molecule has 0 aliphatic carbocycles. The summed E-state index contributed by atoms with van der Waals surface area (Å²) in [6, 6.07) is 29.2. The monoisotopic (exact) mass is 674 g/mol. The Morgan fingerprint density at radius 3 is 2.40 bits per heavy atom. The minimum absolute atomic E-state index is 0.0244. The predicted molar refractivity (Wildman–Crippen MR) is 189 cm³/mol. The van der Waals surface area contributed by atoms with Crippen molar-refractivity contribution < 1.29 is 24.1 Å². The van der Waals surface area contributed by atoms with Crippen molar-refractivity contribution in [2.75, 3.05) is 26.4 Å². The van der Waals surface area contributed by atoms with Gasteiger partial charge < -0.3 is 24.6 Å². The van der Waals surface area contributed by atoms with Crippen LogP contribution in [0, 0.1) is 0 Å². The van der Waals surface area contributed by atoms with Gasteiger partial charge in [-0.05, 0) is 71.4 Å². The molecule has 1 heterocycles. The molecule has 1 amide bonds. The van der Waals surface area contributed by atoms with Crippen LogP contribution in [-0.2, 0) is 28.9 Å². The van der Waals surface area contributed by atoms with Crippen LogP contribution >= 0.6 is 0 Å². The van der Waals surface area contributed by atoms with E-state index in [1.165, 1.54) is 0 Å². The SMILES string of the molecule is CCOc1ccccc1CCNC(=O)[C@]1(Cc2ccccc2CN=[N+]=[N-])N=C(c2ccc(OCCCO)cc2)O[C@@H]1c1ccccc1N=[N+]=[N-]. The maximum absolute atomic E-state index is 14.8. The molecular formula is C37H38N8O5. The molecule has 50 heavy (non-hydrogen) atoms. The van der Waals surface area contributed by atoms with Crippen LogP contribution in [0.15, 0.2) is 112 Å². The van der Waals surface area contributed by atoms with E-state index in [4.69, 9.17) is 29.8 Å². The number of aliphatic hydroxyl groups is 1. The molecule has 0 saturated heterocycles. The van der Waals surface area contributed by atoms with Gasteiger partial charge in [-0.25, -0.2) is 4.99 Å². The van der Waals surface area contributed by atoms with Crippen LogP contribution in [0.2, 0.25) is 0 Å². The summed E-state index contributed by atoms with van der Waals surface area (Å²) >= 11 is 0. The van der Waals surface area contributed by atoms with Gasteiger partial charge in [0.25, 0.3) is 5.91 Å². The number of aliphatic hydroxyl groups excluding tert-OH is 1. The molecule has 5 rings (SSSR count). The number of azide groups is 2. The summed E-state index contributed by atoms with van der Waals surface area (Å²) < 4.78 is 18.1. The van der Waals surface area contributed by atoms with E-state index in [0.717, 1.165) is 22.4 Å². The van der Waals surface area contributed by atoms with Gasteiger partial charge in [0.2, 0.25) is 5.90 Å². The highest BCUT2D eigenvalue weighted by Gasteiger charge is 2.54. The lowest BCUT2D eigenvalue weighted by molar-refractivity contribution is -0.128. The van der Waals surface area contributed by atoms with E-state index in [9.17, 15) is 10.3 Å². The fourth-order valence-electron chi connectivity index (χ4n) is 5.86. The van der Waals surface area contributed by atoms with E-state index in [1.54, 1.807) is 48.5 Å². The molecule has 0 bridgehead atoms. The lowest BCUT2D eigenvalue weighted by Crippen LogP contribution is -2.50. The first-order valence-electron chi connectivity index (χ1n) is 16.3. The molecule has 0 spiro atoms. The van der Waals surface area contributed by atoms with Crippen LogP contribution in [0.1, 0.15) is 47.3 Å². The second kappa shape index (κ2) is 17.4. The number of ether oxygens (including phenoxy) is 3. The first-order chi connectivity index (χ1) is 24.5. The summed E-state index contributed by atoms with van der Waals surface area (Å²) in [5, 5.41) is 19.9. The molecule has 2 atom stereocenters. The molecule has 256 valence electrons. The summed E-state index contributed by atoms with van der Waals surface area (Å²) in [5.74, 6) is 1.18. The number of nitrogens with one attached hydrogen (secondary N) is 1. The lowest BCUT2D eigenvalue weighted by Gasteiger charge is -2.32. The van der Waals surface area contributed by atoms with Crippen LogP contribution in [0.5, 0.6) is 11.5 Å². The van der Waals surface area contributed by atoms with Crippen LogP contribution in [0.3, 0.4) is 0 Å². The van der Waals surface area contributed by atoms with E-state index in [-0.39, 0.29) is 32.0 Å². The van der Waals surface area contributed by atoms with E-state index in [2.05, 4.69) is 25.4 Å². The van der Waals surface area contributed by atoms with Crippen molar-refractivity contribution in [2.24, 2.45) is 15.2 Å². The number of benzene rings is 4. The van der Waals surface area contributed by atoms with Gasteiger partial charge in [-0.15, -0.1) is 0 Å². The van der Waals surface area contributed by atoms with Crippen molar-refractivity contribution in [3.63, 3.8) is 0 Å². The highest BCUT2D eigenvalue weighted by Crippen LogP contribution is 2.45. The molecule has 0 saturated carbocycles. The first-order valence-corrected chi connectivity index (χ1v) is 16.3. The zero-order valence-electron chi connectivity index (χ0n) is 27.7. The predicted octanol–water partition coefficient (Wildman–Crippen LogP) is 7.46. The van der Waals surface area contributed by atoms with Gasteiger partial charge in [-0.2, -0.15) is 0 Å². The molecule has 1 aliphatic rings. The van der Waals surface area contributed by atoms with E-state index in [0.29, 0.717) is 48.6 Å². The summed E-state index contributed by atoms with van der Waals surface area (Å²) in [7, 11) is 0. The van der Waals surface area contributed by atoms with E-state index in [1.807, 2.05) is 55.5 Å². The van der Waals surface area contributed by atoms with Gasteiger partial charge >= 0.3 is 0 Å². The van der Waals surface area contributed by atoms with Gasteiger partial charge in [-0.1, -0.05) is 77.0 Å². The average Bonchev–Trinajstić information content (AvgIpc) is 3.53. The van der Waals surface area contributed by atoms with Crippen molar-refractivity contribution in [1.82, 2.24) is 5.32 Å². The standard InChI is InChI=1S/C37H38N8O5/c1-2-48-33-15-8-5-10-26(33)20-21-40-36(47)37(24-28-11-3-4-12-29(28)25-41-44-38)34(31-13-6-7-14-32(31)43-45-39)50-35(42-37)27-16-18-30(19-17-27)49-23-9-22-46/h3-8,10-19,34,46H,2,9,20-25H2,1H3,(H,40,47)/t34-,37-/m1/s1. The normalized spacial score (nSPS) is 16.3. The third-order valence-electron chi connectivity index (χ3n) is 8.24. The molecule has 0 unspecified atom stereocenters. The minimum atomic E-state index is -1.58. The molecule has 1 aliphatic heterocycles. The Bertz CT molecular complexity index is 1900. The summed E-state index contributed by atoms with van der Waals surface area (Å²) in [4.78, 5) is 25.8. The van der Waals surface area contributed by atoms with Crippen LogP contribution in [0.4, 0.5) is 5.69 Å². The minimum Gasteiger partial charge on any atom is -0.494 e. The van der Waals surface area contributed by atoms with Gasteiger partial charge in [-0.3, -0.25) is 4.79 Å². The average molecular weight is 675 g/mol. The summed E-state index contributed by atoms with van der Waals surface area (Å²) in [6.45, 7) is 3.17. The third kappa shape index (κ3) is 8.34. The van der Waals surface area contributed by atoms with Gasteiger partial charge in [0.05, 0.1) is 19.8 Å². The van der Waals surface area contributed by atoms with Crippen LogP contribution in [-0.4, -0.2) is 48.8 Å². The molecular weight excluding hydrogens is 636 g/mol. The van der Waals surface area contributed by atoms with Crippen molar-refractivity contribution >= 4 is 17.5 Å². The van der Waals surface area contributed by atoms with Crippen molar-refractivity contribution in [1.29, 1.82) is 0 Å². The molecule has 0 radical (unpaired) electrons. The Morgan fingerprint density at radius 1 is 0.940 bits per heavy atom. The highest BCUT2D eigenvalue weighted by molar-refractivity contribution is 6.01. The molecule has 0 aromatic heterocycles. The topological polar surface area (TPSA) is 187 Å². The van der Waals surface area contributed by atoms with Crippen molar-refractivity contribution in [3.05, 3.63) is 146 Å². The second-order valence-electron chi connectivity index (χ2n) is 11.4. The zero-order chi connectivity index (χ0) is 35.2. The second-order valence-corrected chi connectivity index (χ2v) is 11.4. The molecule has 4 aromatic rings. The Labute approximate surface area is 289 Å². The summed E-state index contributed by atoms with van der Waals surface area (Å²) in [5.41, 5.74) is 20.7. The largest absolute Gasteiger partial charge is 0.494 e. The molecule has 13 nitrogen and oxygen atoms in total. The molecule has 0 fully saturated rings. The number of hydrogen-bond donors (Lipinski definition) is 2. The summed E-state index contributed by atoms with van der Waals surface area (Å²) in [6.07, 6.45) is 0.0653. The fourth-order valence-corrected chi connectivity index (χ4v) is 5.86. The molecule has 2 N–H and O–H groups in total. The maximum atomic E-state index is 14.8. The van der Waals surface area contributed by atoms with Gasteiger partial charge in [0, 0.05) is 52.6 Å². The fraction of sp³-hybridized carbons (Fsp3) is 0.297. The maximum Gasteiger partial charge on any atom is 0.252 e. The number of hydrogen-bond acceptors (Lipinski definition) is 8. The Balaban J connectivity index is 1.60. The van der Waals surface area contributed by atoms with Crippen molar-refractivity contribution in [3.8, 4) is 11.5 Å².